The van der Waals surface area contributed by atoms with Crippen LogP contribution in [0.4, 0.5) is 4.79 Å². The third-order valence-electron chi connectivity index (χ3n) is 4.55. The molecule has 1 aromatic carbocycles. The number of amides is 2. The molecule has 2 N–H and O–H groups in total. The Hall–Kier alpha value is -1.75. The first kappa shape index (κ1) is 18.6. The van der Waals surface area contributed by atoms with Crippen molar-refractivity contribution in [3.8, 4) is 0 Å². The van der Waals surface area contributed by atoms with Crippen LogP contribution in [0.3, 0.4) is 0 Å². The van der Waals surface area contributed by atoms with Crippen molar-refractivity contribution in [2.75, 3.05) is 7.05 Å². The molecule has 0 bridgehead atoms. The van der Waals surface area contributed by atoms with E-state index in [1.165, 1.54) is 11.3 Å². The van der Waals surface area contributed by atoms with Gasteiger partial charge in [-0.2, -0.15) is 0 Å². The summed E-state index contributed by atoms with van der Waals surface area (Å²) >= 11 is 5.95. The predicted octanol–water partition coefficient (Wildman–Crippen LogP) is 3.91. The van der Waals surface area contributed by atoms with E-state index in [1.54, 1.807) is 19.2 Å². The summed E-state index contributed by atoms with van der Waals surface area (Å²) in [5.41, 5.74) is 0.902. The van der Waals surface area contributed by atoms with Crippen LogP contribution in [0.2, 0.25) is 5.02 Å². The summed E-state index contributed by atoms with van der Waals surface area (Å²) in [5, 5.41) is 12.7. The first-order chi connectivity index (χ1) is 11.5. The number of benzene rings is 1. The molecule has 1 aliphatic rings. The topological polar surface area (TPSA) is 69.6 Å². The van der Waals surface area contributed by atoms with E-state index < -0.39 is 12.0 Å². The molecule has 0 aromatic heterocycles. The SMILES string of the molecule is CN(Cc1cccc(Cl)c1)C(=O)NC(CC1CCCCC1)C(=O)O. The number of hydrogen-bond acceptors (Lipinski definition) is 2. The second-order valence-electron chi connectivity index (χ2n) is 6.57. The number of halogens is 1. The zero-order chi connectivity index (χ0) is 17.5. The number of rotatable bonds is 6. The van der Waals surface area contributed by atoms with E-state index >= 15 is 0 Å². The fourth-order valence-corrected chi connectivity index (χ4v) is 3.43. The molecule has 1 saturated carbocycles. The van der Waals surface area contributed by atoms with Gasteiger partial charge in [-0.3, -0.25) is 0 Å². The summed E-state index contributed by atoms with van der Waals surface area (Å²) < 4.78 is 0. The van der Waals surface area contributed by atoms with Crippen molar-refractivity contribution in [3.63, 3.8) is 0 Å². The fourth-order valence-electron chi connectivity index (χ4n) is 3.22. The molecule has 0 saturated heterocycles. The summed E-state index contributed by atoms with van der Waals surface area (Å²) in [7, 11) is 1.65. The molecule has 2 rings (SSSR count). The highest BCUT2D eigenvalue weighted by Crippen LogP contribution is 2.27. The summed E-state index contributed by atoms with van der Waals surface area (Å²) in [6.07, 6.45) is 6.14. The van der Waals surface area contributed by atoms with Gasteiger partial charge >= 0.3 is 12.0 Å². The molecule has 24 heavy (non-hydrogen) atoms. The van der Waals surface area contributed by atoms with Crippen molar-refractivity contribution in [1.82, 2.24) is 10.2 Å². The average Bonchev–Trinajstić information content (AvgIpc) is 2.55. The van der Waals surface area contributed by atoms with Crippen LogP contribution in [0, 0.1) is 5.92 Å². The number of carboxylic acids is 1. The number of carbonyl (C=O) groups is 2. The summed E-state index contributed by atoms with van der Waals surface area (Å²) in [6.45, 7) is 0.377. The van der Waals surface area contributed by atoms with E-state index in [0.29, 0.717) is 23.9 Å². The number of carboxylic acid groups (broad SMARTS) is 1. The highest BCUT2D eigenvalue weighted by Gasteiger charge is 2.26. The number of carbonyl (C=O) groups excluding carboxylic acids is 1. The van der Waals surface area contributed by atoms with E-state index in [9.17, 15) is 14.7 Å². The largest absolute Gasteiger partial charge is 0.480 e. The van der Waals surface area contributed by atoms with Gasteiger partial charge in [0.15, 0.2) is 0 Å². The number of hydrogen-bond donors (Lipinski definition) is 2. The Morgan fingerprint density at radius 3 is 2.67 bits per heavy atom. The molecule has 1 fully saturated rings. The van der Waals surface area contributed by atoms with Crippen molar-refractivity contribution >= 4 is 23.6 Å². The van der Waals surface area contributed by atoms with Gasteiger partial charge < -0.3 is 15.3 Å². The maximum absolute atomic E-state index is 12.3. The average molecular weight is 353 g/mol. The molecule has 1 aromatic rings. The van der Waals surface area contributed by atoms with Crippen molar-refractivity contribution in [2.24, 2.45) is 5.92 Å². The Morgan fingerprint density at radius 2 is 2.04 bits per heavy atom. The van der Waals surface area contributed by atoms with E-state index in [-0.39, 0.29) is 6.03 Å². The van der Waals surface area contributed by atoms with Gasteiger partial charge in [-0.25, -0.2) is 9.59 Å². The third kappa shape index (κ3) is 5.71. The van der Waals surface area contributed by atoms with Gasteiger partial charge in [0.05, 0.1) is 0 Å². The Balaban J connectivity index is 1.90. The lowest BCUT2D eigenvalue weighted by molar-refractivity contribution is -0.139. The fraction of sp³-hybridized carbons (Fsp3) is 0.556. The zero-order valence-electron chi connectivity index (χ0n) is 14.0. The van der Waals surface area contributed by atoms with Gasteiger partial charge in [-0.05, 0) is 30.0 Å². The van der Waals surface area contributed by atoms with Crippen molar-refractivity contribution in [1.29, 1.82) is 0 Å². The van der Waals surface area contributed by atoms with Gasteiger partial charge in [0, 0.05) is 18.6 Å². The van der Waals surface area contributed by atoms with Crippen LogP contribution >= 0.6 is 11.6 Å². The number of aliphatic carboxylic acids is 1. The number of urea groups is 1. The van der Waals surface area contributed by atoms with Crippen LogP contribution in [-0.4, -0.2) is 35.1 Å². The Kier molecular flexibility index (Phi) is 6.91. The summed E-state index contributed by atoms with van der Waals surface area (Å²) in [6, 6.07) is 6.07. The molecular weight excluding hydrogens is 328 g/mol. The standard InChI is InChI=1S/C18H25ClN2O3/c1-21(12-14-8-5-9-15(19)10-14)18(24)20-16(17(22)23)11-13-6-3-2-4-7-13/h5,8-10,13,16H,2-4,6-7,11-12H2,1H3,(H,20,24)(H,22,23). The van der Waals surface area contributed by atoms with Crippen molar-refractivity contribution in [3.05, 3.63) is 34.9 Å². The summed E-state index contributed by atoms with van der Waals surface area (Å²) in [4.78, 5) is 25.3. The quantitative estimate of drug-likeness (QED) is 0.815. The maximum Gasteiger partial charge on any atom is 0.326 e. The molecule has 0 heterocycles. The van der Waals surface area contributed by atoms with Gasteiger partial charge in [0.25, 0.3) is 0 Å². The second kappa shape index (κ2) is 8.92. The molecule has 1 unspecified atom stereocenters. The molecule has 2 amide bonds. The van der Waals surface area contributed by atoms with Crippen LogP contribution < -0.4 is 5.32 Å². The molecule has 6 heteroatoms. The lowest BCUT2D eigenvalue weighted by atomic mass is 9.85. The Bertz CT molecular complexity index is 573. The molecule has 1 aliphatic carbocycles. The van der Waals surface area contributed by atoms with Gasteiger partial charge in [0.2, 0.25) is 0 Å². The first-order valence-electron chi connectivity index (χ1n) is 8.44. The number of nitrogens with zero attached hydrogens (tertiary/aromatic N) is 1. The third-order valence-corrected chi connectivity index (χ3v) is 4.78. The monoisotopic (exact) mass is 352 g/mol. The lowest BCUT2D eigenvalue weighted by Crippen LogP contribution is -2.47. The van der Waals surface area contributed by atoms with Crippen LogP contribution in [-0.2, 0) is 11.3 Å². The van der Waals surface area contributed by atoms with E-state index in [4.69, 9.17) is 11.6 Å². The van der Waals surface area contributed by atoms with Gasteiger partial charge in [0.1, 0.15) is 6.04 Å². The minimum Gasteiger partial charge on any atom is -0.480 e. The molecule has 5 nitrogen and oxygen atoms in total. The van der Waals surface area contributed by atoms with Crippen LogP contribution in [0.25, 0.3) is 0 Å². The highest BCUT2D eigenvalue weighted by atomic mass is 35.5. The molecular formula is C18H25ClN2O3. The molecule has 0 radical (unpaired) electrons. The molecule has 132 valence electrons. The summed E-state index contributed by atoms with van der Waals surface area (Å²) in [5.74, 6) is -0.580. The highest BCUT2D eigenvalue weighted by molar-refractivity contribution is 6.30. The van der Waals surface area contributed by atoms with Crippen molar-refractivity contribution < 1.29 is 14.7 Å². The maximum atomic E-state index is 12.3. The molecule has 1 atom stereocenters. The Labute approximate surface area is 148 Å². The van der Waals surface area contributed by atoms with Gasteiger partial charge in [-0.1, -0.05) is 55.8 Å². The minimum atomic E-state index is -0.968. The van der Waals surface area contributed by atoms with E-state index in [0.717, 1.165) is 31.2 Å². The van der Waals surface area contributed by atoms with Gasteiger partial charge in [-0.15, -0.1) is 0 Å². The van der Waals surface area contributed by atoms with Crippen LogP contribution in [0.5, 0.6) is 0 Å². The number of nitrogens with one attached hydrogen (secondary N) is 1. The zero-order valence-corrected chi connectivity index (χ0v) is 14.8. The van der Waals surface area contributed by atoms with Crippen LogP contribution in [0.15, 0.2) is 24.3 Å². The second-order valence-corrected chi connectivity index (χ2v) is 7.00. The molecule has 0 spiro atoms. The predicted molar refractivity (Wildman–Crippen MR) is 94.1 cm³/mol. The van der Waals surface area contributed by atoms with Crippen LogP contribution in [0.1, 0.15) is 44.1 Å². The lowest BCUT2D eigenvalue weighted by Gasteiger charge is -2.26. The normalized spacial score (nSPS) is 16.4. The van der Waals surface area contributed by atoms with E-state index in [1.807, 2.05) is 12.1 Å². The molecule has 0 aliphatic heterocycles. The van der Waals surface area contributed by atoms with E-state index in [2.05, 4.69) is 5.32 Å². The van der Waals surface area contributed by atoms with Crippen molar-refractivity contribution in [2.45, 2.75) is 51.1 Å². The first-order valence-corrected chi connectivity index (χ1v) is 8.82. The minimum absolute atomic E-state index is 0.377. The smallest absolute Gasteiger partial charge is 0.326 e. The Morgan fingerprint density at radius 1 is 1.33 bits per heavy atom.